The molecule has 1 heterocycles. The minimum absolute atomic E-state index is 0.547. The van der Waals surface area contributed by atoms with Crippen LogP contribution >= 0.6 is 23.4 Å². The van der Waals surface area contributed by atoms with Gasteiger partial charge in [-0.25, -0.2) is 0 Å². The van der Waals surface area contributed by atoms with Gasteiger partial charge < -0.3 is 9.15 Å². The Morgan fingerprint density at radius 1 is 1.47 bits per heavy atom. The Morgan fingerprint density at radius 3 is 3.00 bits per heavy atom. The summed E-state index contributed by atoms with van der Waals surface area (Å²) >= 11 is 7.52. The third kappa shape index (κ3) is 3.75. The summed E-state index contributed by atoms with van der Waals surface area (Å²) < 4.78 is 10.6. The molecule has 0 atom stereocenters. The zero-order valence-corrected chi connectivity index (χ0v) is 12.0. The van der Waals surface area contributed by atoms with Crippen molar-refractivity contribution in [3.05, 3.63) is 47.3 Å². The number of benzene rings is 1. The second kappa shape index (κ2) is 6.63. The fourth-order valence-corrected chi connectivity index (χ4v) is 2.29. The van der Waals surface area contributed by atoms with Gasteiger partial charge in [-0.2, -0.15) is 0 Å². The zero-order chi connectivity index (χ0) is 13.7. The largest absolute Gasteiger partial charge is 0.495 e. The van der Waals surface area contributed by atoms with Crippen LogP contribution in [-0.4, -0.2) is 23.1 Å². The van der Waals surface area contributed by atoms with E-state index in [9.17, 15) is 0 Å². The number of halogens is 1. The number of aromatic nitrogens is 2. The maximum Gasteiger partial charge on any atom is 0.276 e. The number of rotatable bonds is 6. The number of hydrogen-bond donors (Lipinski definition) is 0. The van der Waals surface area contributed by atoms with Crippen LogP contribution in [0.2, 0.25) is 5.02 Å². The Morgan fingerprint density at radius 2 is 2.32 bits per heavy atom. The van der Waals surface area contributed by atoms with Crippen LogP contribution in [0.15, 0.2) is 40.5 Å². The summed E-state index contributed by atoms with van der Waals surface area (Å²) in [5, 5.41) is 9.06. The molecule has 0 spiro atoms. The lowest BCUT2D eigenvalue weighted by molar-refractivity contribution is 0.413. The van der Waals surface area contributed by atoms with Gasteiger partial charge in [0.1, 0.15) is 5.75 Å². The standard InChI is InChI=1S/C13H13ClN2O2S/c1-3-6-19-13-16-15-12(18-13)8-9-4-5-11(17-2)10(14)7-9/h3-5,7H,1,6,8H2,2H3. The van der Waals surface area contributed by atoms with Crippen molar-refractivity contribution in [1.29, 1.82) is 0 Å². The second-order valence-electron chi connectivity index (χ2n) is 3.71. The van der Waals surface area contributed by atoms with Crippen molar-refractivity contribution < 1.29 is 9.15 Å². The van der Waals surface area contributed by atoms with E-state index < -0.39 is 0 Å². The minimum Gasteiger partial charge on any atom is -0.495 e. The van der Waals surface area contributed by atoms with Crippen molar-refractivity contribution >= 4 is 23.4 Å². The monoisotopic (exact) mass is 296 g/mol. The van der Waals surface area contributed by atoms with Crippen LogP contribution in [0, 0.1) is 0 Å². The molecule has 2 aromatic rings. The number of nitrogens with zero attached hydrogens (tertiary/aromatic N) is 2. The highest BCUT2D eigenvalue weighted by molar-refractivity contribution is 7.99. The SMILES string of the molecule is C=CCSc1nnc(Cc2ccc(OC)c(Cl)c2)o1. The van der Waals surface area contributed by atoms with Gasteiger partial charge in [-0.15, -0.1) is 16.8 Å². The van der Waals surface area contributed by atoms with Crippen molar-refractivity contribution in [2.75, 3.05) is 12.9 Å². The number of hydrogen-bond acceptors (Lipinski definition) is 5. The van der Waals surface area contributed by atoms with Crippen molar-refractivity contribution in [2.24, 2.45) is 0 Å². The molecule has 6 heteroatoms. The van der Waals surface area contributed by atoms with Crippen LogP contribution in [-0.2, 0) is 6.42 Å². The highest BCUT2D eigenvalue weighted by Gasteiger charge is 2.08. The molecule has 1 aromatic heterocycles. The lowest BCUT2D eigenvalue weighted by Gasteiger charge is -2.04. The maximum absolute atomic E-state index is 6.06. The van der Waals surface area contributed by atoms with Crippen LogP contribution in [0.25, 0.3) is 0 Å². The van der Waals surface area contributed by atoms with Crippen molar-refractivity contribution in [3.8, 4) is 5.75 Å². The summed E-state index contributed by atoms with van der Waals surface area (Å²) in [6.07, 6.45) is 2.34. The van der Waals surface area contributed by atoms with Gasteiger partial charge in [-0.1, -0.05) is 35.5 Å². The van der Waals surface area contributed by atoms with Gasteiger partial charge >= 0.3 is 0 Å². The molecular weight excluding hydrogens is 284 g/mol. The van der Waals surface area contributed by atoms with Crippen LogP contribution in [0.4, 0.5) is 0 Å². The normalized spacial score (nSPS) is 10.4. The Labute approximate surface area is 120 Å². The molecule has 4 nitrogen and oxygen atoms in total. The minimum atomic E-state index is 0.547. The molecule has 0 unspecified atom stereocenters. The predicted molar refractivity (Wildman–Crippen MR) is 76.0 cm³/mol. The third-order valence-electron chi connectivity index (χ3n) is 2.34. The first-order valence-electron chi connectivity index (χ1n) is 5.61. The average Bonchev–Trinajstić information content (AvgIpc) is 2.84. The first-order chi connectivity index (χ1) is 9.22. The van der Waals surface area contributed by atoms with Crippen molar-refractivity contribution in [3.63, 3.8) is 0 Å². The van der Waals surface area contributed by atoms with E-state index in [4.69, 9.17) is 20.8 Å². The van der Waals surface area contributed by atoms with Gasteiger partial charge in [0.05, 0.1) is 18.6 Å². The van der Waals surface area contributed by atoms with Gasteiger partial charge in [-0.3, -0.25) is 0 Å². The van der Waals surface area contributed by atoms with E-state index in [1.807, 2.05) is 18.2 Å². The Balaban J connectivity index is 2.06. The van der Waals surface area contributed by atoms with Crippen LogP contribution < -0.4 is 4.74 Å². The van der Waals surface area contributed by atoms with E-state index in [-0.39, 0.29) is 0 Å². The molecule has 0 saturated carbocycles. The third-order valence-corrected chi connectivity index (χ3v) is 3.45. The Kier molecular flexibility index (Phi) is 4.87. The first kappa shape index (κ1) is 14.0. The highest BCUT2D eigenvalue weighted by Crippen LogP contribution is 2.26. The summed E-state index contributed by atoms with van der Waals surface area (Å²) in [6.45, 7) is 3.64. The van der Waals surface area contributed by atoms with Gasteiger partial charge in [-0.05, 0) is 17.7 Å². The van der Waals surface area contributed by atoms with Crippen LogP contribution in [0.1, 0.15) is 11.5 Å². The molecule has 0 fully saturated rings. The lowest BCUT2D eigenvalue weighted by Crippen LogP contribution is -1.90. The van der Waals surface area contributed by atoms with E-state index in [2.05, 4.69) is 16.8 Å². The lowest BCUT2D eigenvalue weighted by atomic mass is 10.1. The number of thioether (sulfide) groups is 1. The van der Waals surface area contributed by atoms with Gasteiger partial charge in [0.2, 0.25) is 5.89 Å². The molecule has 19 heavy (non-hydrogen) atoms. The molecular formula is C13H13ClN2O2S. The summed E-state index contributed by atoms with van der Waals surface area (Å²) in [6, 6.07) is 5.58. The van der Waals surface area contributed by atoms with Gasteiger partial charge in [0.25, 0.3) is 5.22 Å². The molecule has 0 amide bonds. The summed E-state index contributed by atoms with van der Waals surface area (Å²) in [7, 11) is 1.59. The summed E-state index contributed by atoms with van der Waals surface area (Å²) in [5.74, 6) is 1.96. The van der Waals surface area contributed by atoms with E-state index in [1.165, 1.54) is 11.8 Å². The number of ether oxygens (including phenoxy) is 1. The molecule has 0 bridgehead atoms. The van der Waals surface area contributed by atoms with E-state index in [0.29, 0.717) is 28.3 Å². The molecule has 2 rings (SSSR count). The second-order valence-corrected chi connectivity index (χ2v) is 5.09. The molecule has 0 aliphatic carbocycles. The fraction of sp³-hybridized carbons (Fsp3) is 0.231. The van der Waals surface area contributed by atoms with E-state index in [0.717, 1.165) is 11.3 Å². The first-order valence-corrected chi connectivity index (χ1v) is 6.97. The topological polar surface area (TPSA) is 48.2 Å². The highest BCUT2D eigenvalue weighted by atomic mass is 35.5. The molecule has 1 aromatic carbocycles. The molecule has 0 aliphatic heterocycles. The zero-order valence-electron chi connectivity index (χ0n) is 10.4. The van der Waals surface area contributed by atoms with Gasteiger partial charge in [0.15, 0.2) is 0 Å². The van der Waals surface area contributed by atoms with Gasteiger partial charge in [0, 0.05) is 5.75 Å². The van der Waals surface area contributed by atoms with Crippen molar-refractivity contribution in [2.45, 2.75) is 11.6 Å². The predicted octanol–water partition coefficient (Wildman–Crippen LogP) is 3.60. The van der Waals surface area contributed by atoms with Crippen molar-refractivity contribution in [1.82, 2.24) is 10.2 Å². The summed E-state index contributed by atoms with van der Waals surface area (Å²) in [5.41, 5.74) is 0.995. The molecule has 0 aliphatic rings. The molecule has 100 valence electrons. The molecule has 0 radical (unpaired) electrons. The molecule has 0 saturated heterocycles. The average molecular weight is 297 g/mol. The Hall–Kier alpha value is -1.46. The van der Waals surface area contributed by atoms with Crippen LogP contribution in [0.3, 0.4) is 0 Å². The number of methoxy groups -OCH3 is 1. The van der Waals surface area contributed by atoms with E-state index in [1.54, 1.807) is 13.2 Å². The van der Waals surface area contributed by atoms with E-state index >= 15 is 0 Å². The fourth-order valence-electron chi connectivity index (χ4n) is 1.49. The maximum atomic E-state index is 6.06. The Bertz CT molecular complexity index is 572. The quantitative estimate of drug-likeness (QED) is 0.602. The summed E-state index contributed by atoms with van der Waals surface area (Å²) in [4.78, 5) is 0. The smallest absolute Gasteiger partial charge is 0.276 e. The van der Waals surface area contributed by atoms with Crippen LogP contribution in [0.5, 0.6) is 5.75 Å². The molecule has 0 N–H and O–H groups in total.